The van der Waals surface area contributed by atoms with Crippen LogP contribution in [0.25, 0.3) is 10.7 Å². The second-order valence-electron chi connectivity index (χ2n) is 6.76. The quantitative estimate of drug-likeness (QED) is 0.683. The Kier molecular flexibility index (Phi) is 5.68. The normalized spacial score (nSPS) is 15.5. The van der Waals surface area contributed by atoms with E-state index < -0.39 is 0 Å². The molecule has 2 aromatic heterocycles. The van der Waals surface area contributed by atoms with Crippen LogP contribution >= 0.6 is 11.3 Å². The second-order valence-corrected chi connectivity index (χ2v) is 7.71. The largest absolute Gasteiger partial charge is 0.497 e. The molecule has 1 amide bonds. The van der Waals surface area contributed by atoms with Crippen LogP contribution in [0.15, 0.2) is 46.3 Å². The van der Waals surface area contributed by atoms with Gasteiger partial charge in [-0.1, -0.05) is 17.3 Å². The molecule has 1 N–H and O–H groups in total. The summed E-state index contributed by atoms with van der Waals surface area (Å²) in [5, 5.41) is 9.02. The van der Waals surface area contributed by atoms with Crippen LogP contribution in [0.5, 0.6) is 5.75 Å². The number of hydrogen-bond donors (Lipinski definition) is 1. The number of methoxy groups -OCH3 is 1. The van der Waals surface area contributed by atoms with Crippen molar-refractivity contribution in [3.05, 3.63) is 47.7 Å². The summed E-state index contributed by atoms with van der Waals surface area (Å²) in [6.07, 6.45) is 1.80. The van der Waals surface area contributed by atoms with E-state index in [9.17, 15) is 4.79 Å². The summed E-state index contributed by atoms with van der Waals surface area (Å²) in [6.45, 7) is 2.02. The Morgan fingerprint density at radius 3 is 2.93 bits per heavy atom. The number of likely N-dealkylation sites (tertiary alicyclic amines) is 1. The summed E-state index contributed by atoms with van der Waals surface area (Å²) < 4.78 is 10.7. The molecule has 4 rings (SSSR count). The first kappa shape index (κ1) is 18.6. The van der Waals surface area contributed by atoms with Gasteiger partial charge < -0.3 is 14.6 Å². The third-order valence-electron chi connectivity index (χ3n) is 4.84. The lowest BCUT2D eigenvalue weighted by Crippen LogP contribution is -2.38. The molecule has 0 spiro atoms. The molecule has 3 aromatic rings. The van der Waals surface area contributed by atoms with Crippen molar-refractivity contribution in [2.24, 2.45) is 0 Å². The molecule has 8 heteroatoms. The molecule has 146 valence electrons. The van der Waals surface area contributed by atoms with Gasteiger partial charge in [-0.15, -0.1) is 11.3 Å². The van der Waals surface area contributed by atoms with Crippen LogP contribution in [0.3, 0.4) is 0 Å². The molecule has 0 saturated carbocycles. The van der Waals surface area contributed by atoms with Gasteiger partial charge in [0.15, 0.2) is 0 Å². The van der Waals surface area contributed by atoms with Crippen molar-refractivity contribution in [3.63, 3.8) is 0 Å². The molecule has 7 nitrogen and oxygen atoms in total. The van der Waals surface area contributed by atoms with Crippen LogP contribution in [0.1, 0.15) is 24.7 Å². The van der Waals surface area contributed by atoms with E-state index in [0.29, 0.717) is 18.3 Å². The Hall–Kier alpha value is -2.71. The van der Waals surface area contributed by atoms with Crippen LogP contribution in [-0.4, -0.2) is 47.7 Å². The fourth-order valence-corrected chi connectivity index (χ4v) is 4.00. The van der Waals surface area contributed by atoms with Gasteiger partial charge in [0, 0.05) is 17.7 Å². The Bertz CT molecular complexity index is 917. The van der Waals surface area contributed by atoms with E-state index in [1.54, 1.807) is 18.4 Å². The highest BCUT2D eigenvalue weighted by Crippen LogP contribution is 2.29. The van der Waals surface area contributed by atoms with Crippen molar-refractivity contribution < 1.29 is 14.1 Å². The fourth-order valence-electron chi connectivity index (χ4n) is 3.35. The van der Waals surface area contributed by atoms with Gasteiger partial charge in [-0.2, -0.15) is 4.98 Å². The fraction of sp³-hybridized carbons (Fsp3) is 0.350. The maximum atomic E-state index is 12.3. The van der Waals surface area contributed by atoms with Gasteiger partial charge in [0.1, 0.15) is 5.75 Å². The Balaban J connectivity index is 1.27. The van der Waals surface area contributed by atoms with Gasteiger partial charge in [0.2, 0.25) is 17.6 Å². The van der Waals surface area contributed by atoms with Crippen LogP contribution in [0.2, 0.25) is 0 Å². The van der Waals surface area contributed by atoms with Crippen molar-refractivity contribution in [2.75, 3.05) is 32.1 Å². The number of piperidine rings is 1. The van der Waals surface area contributed by atoms with Crippen molar-refractivity contribution in [1.82, 2.24) is 15.0 Å². The molecule has 0 atom stereocenters. The maximum absolute atomic E-state index is 12.3. The predicted molar refractivity (Wildman–Crippen MR) is 108 cm³/mol. The zero-order valence-corrected chi connectivity index (χ0v) is 16.4. The first-order valence-corrected chi connectivity index (χ1v) is 10.1. The highest BCUT2D eigenvalue weighted by molar-refractivity contribution is 7.13. The first-order valence-electron chi connectivity index (χ1n) is 9.25. The molecule has 28 heavy (non-hydrogen) atoms. The van der Waals surface area contributed by atoms with E-state index in [-0.39, 0.29) is 11.8 Å². The predicted octanol–water partition coefficient (Wildman–Crippen LogP) is 3.62. The number of nitrogens with zero attached hydrogens (tertiary/aromatic N) is 3. The number of nitrogens with one attached hydrogen (secondary N) is 1. The molecule has 0 bridgehead atoms. The number of amides is 1. The van der Waals surface area contributed by atoms with Crippen molar-refractivity contribution in [3.8, 4) is 16.5 Å². The van der Waals surface area contributed by atoms with Crippen LogP contribution in [-0.2, 0) is 4.79 Å². The van der Waals surface area contributed by atoms with Crippen molar-refractivity contribution >= 4 is 22.9 Å². The minimum atomic E-state index is -0.0236. The molecule has 0 aliphatic carbocycles. The third kappa shape index (κ3) is 4.40. The van der Waals surface area contributed by atoms with E-state index in [2.05, 4.69) is 20.4 Å². The van der Waals surface area contributed by atoms with Gasteiger partial charge in [-0.05, 0) is 49.5 Å². The molecule has 1 saturated heterocycles. The minimum absolute atomic E-state index is 0.0236. The highest BCUT2D eigenvalue weighted by Gasteiger charge is 2.26. The average Bonchev–Trinajstić information content (AvgIpc) is 3.40. The molecule has 1 aliphatic rings. The van der Waals surface area contributed by atoms with Crippen molar-refractivity contribution in [1.29, 1.82) is 0 Å². The number of thiophene rings is 1. The smallest absolute Gasteiger partial charge is 0.238 e. The number of carbonyl (C=O) groups excluding carboxylic acids is 1. The number of aromatic nitrogens is 2. The standard InChI is InChI=1S/C20H22N4O3S/c1-26-16-5-2-4-15(12-16)21-18(25)13-24-9-7-14(8-10-24)20-22-19(23-27-20)17-6-3-11-28-17/h2-6,11-12,14H,7-10,13H2,1H3,(H,21,25). The summed E-state index contributed by atoms with van der Waals surface area (Å²) in [6, 6.07) is 11.3. The number of carbonyl (C=O) groups is 1. The van der Waals surface area contributed by atoms with E-state index >= 15 is 0 Å². The number of rotatable bonds is 6. The lowest BCUT2D eigenvalue weighted by atomic mass is 9.97. The number of benzene rings is 1. The average molecular weight is 398 g/mol. The molecule has 1 fully saturated rings. The highest BCUT2D eigenvalue weighted by atomic mass is 32.1. The van der Waals surface area contributed by atoms with Crippen LogP contribution in [0.4, 0.5) is 5.69 Å². The maximum Gasteiger partial charge on any atom is 0.238 e. The summed E-state index contributed by atoms with van der Waals surface area (Å²) in [4.78, 5) is 20.1. The zero-order valence-electron chi connectivity index (χ0n) is 15.6. The SMILES string of the molecule is COc1cccc(NC(=O)CN2CCC(c3nc(-c4cccs4)no3)CC2)c1. The third-order valence-corrected chi connectivity index (χ3v) is 5.71. The van der Waals surface area contributed by atoms with Gasteiger partial charge >= 0.3 is 0 Å². The lowest BCUT2D eigenvalue weighted by Gasteiger charge is -2.29. The zero-order chi connectivity index (χ0) is 19.3. The first-order chi connectivity index (χ1) is 13.7. The molecule has 0 unspecified atom stereocenters. The van der Waals surface area contributed by atoms with E-state index in [1.165, 1.54) is 0 Å². The number of hydrogen-bond acceptors (Lipinski definition) is 7. The molecular weight excluding hydrogens is 376 g/mol. The van der Waals surface area contributed by atoms with Gasteiger partial charge in [0.25, 0.3) is 0 Å². The van der Waals surface area contributed by atoms with E-state index in [0.717, 1.165) is 42.2 Å². The summed E-state index contributed by atoms with van der Waals surface area (Å²) in [5.41, 5.74) is 0.742. The topological polar surface area (TPSA) is 80.5 Å². The lowest BCUT2D eigenvalue weighted by molar-refractivity contribution is -0.117. The molecule has 3 heterocycles. The minimum Gasteiger partial charge on any atom is -0.497 e. The Morgan fingerprint density at radius 2 is 2.18 bits per heavy atom. The Labute approximate surface area is 167 Å². The van der Waals surface area contributed by atoms with Crippen LogP contribution < -0.4 is 10.1 Å². The van der Waals surface area contributed by atoms with Gasteiger partial charge in [0.05, 0.1) is 18.5 Å². The van der Waals surface area contributed by atoms with Crippen molar-refractivity contribution in [2.45, 2.75) is 18.8 Å². The molecular formula is C20H22N4O3S. The van der Waals surface area contributed by atoms with Gasteiger partial charge in [-0.25, -0.2) is 0 Å². The summed E-state index contributed by atoms with van der Waals surface area (Å²) in [7, 11) is 1.61. The van der Waals surface area contributed by atoms with E-state index in [4.69, 9.17) is 9.26 Å². The number of anilines is 1. The van der Waals surface area contributed by atoms with Gasteiger partial charge in [-0.3, -0.25) is 9.69 Å². The molecule has 1 aliphatic heterocycles. The summed E-state index contributed by atoms with van der Waals surface area (Å²) in [5.74, 6) is 2.30. The van der Waals surface area contributed by atoms with Crippen LogP contribution in [0, 0.1) is 0 Å². The second kappa shape index (κ2) is 8.53. The monoisotopic (exact) mass is 398 g/mol. The number of ether oxygens (including phenoxy) is 1. The molecule has 1 aromatic carbocycles. The summed E-state index contributed by atoms with van der Waals surface area (Å²) >= 11 is 1.60. The van der Waals surface area contributed by atoms with E-state index in [1.807, 2.05) is 41.8 Å². The Morgan fingerprint density at radius 1 is 1.32 bits per heavy atom. The molecule has 0 radical (unpaired) electrons.